The maximum absolute atomic E-state index is 11.4. The second kappa shape index (κ2) is 6.23. The molecule has 0 saturated carbocycles. The molecule has 4 heteroatoms. The fourth-order valence-corrected chi connectivity index (χ4v) is 3.95. The van der Waals surface area contributed by atoms with Crippen molar-refractivity contribution in [3.05, 3.63) is 0 Å². The van der Waals surface area contributed by atoms with Gasteiger partial charge in [-0.2, -0.15) is 0 Å². The van der Waals surface area contributed by atoms with Crippen LogP contribution in [0.15, 0.2) is 0 Å². The molecule has 108 valence electrons. The van der Waals surface area contributed by atoms with Crippen LogP contribution in [0.3, 0.4) is 0 Å². The van der Waals surface area contributed by atoms with Crippen LogP contribution in [0.2, 0.25) is 0 Å². The van der Waals surface area contributed by atoms with Crippen LogP contribution < -0.4 is 10.6 Å². The lowest BCUT2D eigenvalue weighted by Crippen LogP contribution is -2.54. The van der Waals surface area contributed by atoms with E-state index in [0.717, 1.165) is 25.3 Å². The van der Waals surface area contributed by atoms with Crippen molar-refractivity contribution in [2.75, 3.05) is 26.2 Å². The predicted molar refractivity (Wildman–Crippen MR) is 76.0 cm³/mol. The Morgan fingerprint density at radius 1 is 1.26 bits per heavy atom. The van der Waals surface area contributed by atoms with Gasteiger partial charge in [-0.1, -0.05) is 0 Å². The van der Waals surface area contributed by atoms with E-state index in [1.807, 2.05) is 0 Å². The van der Waals surface area contributed by atoms with Gasteiger partial charge < -0.3 is 15.5 Å². The lowest BCUT2D eigenvalue weighted by molar-refractivity contribution is -0.125. The van der Waals surface area contributed by atoms with Crippen molar-refractivity contribution in [3.8, 4) is 0 Å². The monoisotopic (exact) mass is 265 g/mol. The van der Waals surface area contributed by atoms with Crippen molar-refractivity contribution in [3.63, 3.8) is 0 Å². The van der Waals surface area contributed by atoms with Crippen molar-refractivity contribution in [2.24, 2.45) is 5.92 Å². The number of piperidine rings is 2. The van der Waals surface area contributed by atoms with Gasteiger partial charge in [0.15, 0.2) is 0 Å². The molecule has 2 N–H and O–H groups in total. The summed E-state index contributed by atoms with van der Waals surface area (Å²) in [5.41, 5.74) is 0. The van der Waals surface area contributed by atoms with Crippen molar-refractivity contribution in [1.82, 2.24) is 15.5 Å². The summed E-state index contributed by atoms with van der Waals surface area (Å²) in [6, 6.07) is 1.25. The second-order valence-corrected chi connectivity index (χ2v) is 6.50. The number of hydrogen-bond donors (Lipinski definition) is 2. The van der Waals surface area contributed by atoms with E-state index >= 15 is 0 Å². The molecule has 4 nitrogen and oxygen atoms in total. The summed E-state index contributed by atoms with van der Waals surface area (Å²) in [7, 11) is 0. The fraction of sp³-hybridized carbons (Fsp3) is 0.933. The quantitative estimate of drug-likeness (QED) is 0.800. The van der Waals surface area contributed by atoms with Gasteiger partial charge in [0.05, 0.1) is 0 Å². The molecule has 0 aromatic carbocycles. The summed E-state index contributed by atoms with van der Waals surface area (Å²) in [4.78, 5) is 14.0. The maximum atomic E-state index is 11.4. The van der Waals surface area contributed by atoms with E-state index in [1.165, 1.54) is 51.9 Å². The lowest BCUT2D eigenvalue weighted by atomic mass is 9.85. The molecule has 0 radical (unpaired) electrons. The van der Waals surface area contributed by atoms with Gasteiger partial charge in [-0.25, -0.2) is 0 Å². The molecule has 0 spiro atoms. The van der Waals surface area contributed by atoms with Crippen LogP contribution >= 0.6 is 0 Å². The first kappa shape index (κ1) is 13.4. The summed E-state index contributed by atoms with van der Waals surface area (Å²) in [5, 5.41) is 6.74. The number of likely N-dealkylation sites (tertiary alicyclic amines) is 1. The molecule has 3 aliphatic rings. The Morgan fingerprint density at radius 3 is 3.05 bits per heavy atom. The SMILES string of the molecule is O=C1CCC2CN(CCCC3CCCN3)CCC2N1. The molecule has 3 rings (SSSR count). The van der Waals surface area contributed by atoms with E-state index in [1.54, 1.807) is 0 Å². The summed E-state index contributed by atoms with van der Waals surface area (Å²) in [6.45, 7) is 4.83. The normalized spacial score (nSPS) is 36.0. The Kier molecular flexibility index (Phi) is 4.38. The Morgan fingerprint density at radius 2 is 2.21 bits per heavy atom. The molecule has 1 amide bonds. The van der Waals surface area contributed by atoms with Gasteiger partial charge in [0.25, 0.3) is 0 Å². The van der Waals surface area contributed by atoms with Gasteiger partial charge in [-0.15, -0.1) is 0 Å². The first-order chi connectivity index (χ1) is 9.31. The third-order valence-corrected chi connectivity index (χ3v) is 5.10. The van der Waals surface area contributed by atoms with Gasteiger partial charge in [-0.3, -0.25) is 4.79 Å². The predicted octanol–water partition coefficient (Wildman–Crippen LogP) is 1.12. The first-order valence-corrected chi connectivity index (χ1v) is 8.06. The van der Waals surface area contributed by atoms with Gasteiger partial charge in [0.2, 0.25) is 5.91 Å². The van der Waals surface area contributed by atoms with E-state index in [2.05, 4.69) is 15.5 Å². The first-order valence-electron chi connectivity index (χ1n) is 8.06. The van der Waals surface area contributed by atoms with E-state index in [0.29, 0.717) is 12.0 Å². The smallest absolute Gasteiger partial charge is 0.220 e. The molecule has 3 heterocycles. The Balaban J connectivity index is 1.37. The number of rotatable bonds is 4. The molecule has 3 fully saturated rings. The average molecular weight is 265 g/mol. The zero-order chi connectivity index (χ0) is 13.1. The van der Waals surface area contributed by atoms with Crippen molar-refractivity contribution in [2.45, 2.75) is 57.0 Å². The number of carbonyl (C=O) groups is 1. The molecule has 3 atom stereocenters. The minimum Gasteiger partial charge on any atom is -0.353 e. The van der Waals surface area contributed by atoms with Crippen LogP contribution in [0.5, 0.6) is 0 Å². The largest absolute Gasteiger partial charge is 0.353 e. The van der Waals surface area contributed by atoms with E-state index < -0.39 is 0 Å². The molecule has 19 heavy (non-hydrogen) atoms. The van der Waals surface area contributed by atoms with Crippen LogP contribution in [0.1, 0.15) is 44.9 Å². The summed E-state index contributed by atoms with van der Waals surface area (Å²) in [6.07, 6.45) is 8.37. The highest BCUT2D eigenvalue weighted by molar-refractivity contribution is 5.77. The van der Waals surface area contributed by atoms with Crippen LogP contribution in [0, 0.1) is 5.92 Å². The molecule has 0 aromatic rings. The highest BCUT2D eigenvalue weighted by Gasteiger charge is 2.33. The van der Waals surface area contributed by atoms with Gasteiger partial charge in [0.1, 0.15) is 0 Å². The standard InChI is InChI=1S/C15H27N3O/c19-15-6-5-12-11-18(10-7-14(12)17-15)9-2-4-13-3-1-8-16-13/h12-14,16H,1-11H2,(H,17,19). The molecule has 3 aliphatic heterocycles. The number of nitrogens with one attached hydrogen (secondary N) is 2. The molecule has 0 aliphatic carbocycles. The highest BCUT2D eigenvalue weighted by atomic mass is 16.1. The number of amides is 1. The van der Waals surface area contributed by atoms with Crippen LogP contribution in [-0.2, 0) is 4.79 Å². The Bertz CT molecular complexity index is 315. The third-order valence-electron chi connectivity index (χ3n) is 5.10. The summed E-state index contributed by atoms with van der Waals surface area (Å²) < 4.78 is 0. The number of hydrogen-bond acceptors (Lipinski definition) is 3. The van der Waals surface area contributed by atoms with Crippen LogP contribution in [0.25, 0.3) is 0 Å². The molecule has 0 aromatic heterocycles. The highest BCUT2D eigenvalue weighted by Crippen LogP contribution is 2.25. The average Bonchev–Trinajstić information content (AvgIpc) is 2.92. The molecule has 3 saturated heterocycles. The molecular weight excluding hydrogens is 238 g/mol. The Labute approximate surface area is 116 Å². The van der Waals surface area contributed by atoms with Crippen molar-refractivity contribution < 1.29 is 4.79 Å². The molecular formula is C15H27N3O. The summed E-state index contributed by atoms with van der Waals surface area (Å²) in [5.74, 6) is 0.970. The third kappa shape index (κ3) is 3.48. The minimum atomic E-state index is 0.266. The Hall–Kier alpha value is -0.610. The second-order valence-electron chi connectivity index (χ2n) is 6.50. The topological polar surface area (TPSA) is 44.4 Å². The lowest BCUT2D eigenvalue weighted by Gasteiger charge is -2.41. The van der Waals surface area contributed by atoms with Crippen LogP contribution in [-0.4, -0.2) is 49.1 Å². The van der Waals surface area contributed by atoms with Crippen molar-refractivity contribution >= 4 is 5.91 Å². The van der Waals surface area contributed by atoms with Gasteiger partial charge >= 0.3 is 0 Å². The summed E-state index contributed by atoms with van der Waals surface area (Å²) >= 11 is 0. The molecule has 0 bridgehead atoms. The van der Waals surface area contributed by atoms with E-state index in [-0.39, 0.29) is 5.91 Å². The number of carbonyl (C=O) groups excluding carboxylic acids is 1. The minimum absolute atomic E-state index is 0.266. The zero-order valence-electron chi connectivity index (χ0n) is 11.9. The maximum Gasteiger partial charge on any atom is 0.220 e. The number of nitrogens with zero attached hydrogens (tertiary/aromatic N) is 1. The van der Waals surface area contributed by atoms with Crippen molar-refractivity contribution in [1.29, 1.82) is 0 Å². The van der Waals surface area contributed by atoms with E-state index in [4.69, 9.17) is 0 Å². The number of fused-ring (bicyclic) bond motifs is 1. The van der Waals surface area contributed by atoms with Gasteiger partial charge in [0, 0.05) is 31.6 Å². The zero-order valence-corrected chi connectivity index (χ0v) is 11.9. The van der Waals surface area contributed by atoms with Gasteiger partial charge in [-0.05, 0) is 57.5 Å². The fourth-order valence-electron chi connectivity index (χ4n) is 3.95. The molecule has 3 unspecified atom stereocenters. The van der Waals surface area contributed by atoms with E-state index in [9.17, 15) is 4.79 Å². The van der Waals surface area contributed by atoms with Crippen LogP contribution in [0.4, 0.5) is 0 Å².